The molecule has 142 valence electrons. The van der Waals surface area contributed by atoms with Crippen LogP contribution in [0.15, 0.2) is 24.3 Å². The number of aromatic nitrogens is 2. The minimum absolute atomic E-state index is 0.000861. The molecule has 1 unspecified atom stereocenters. The molecule has 0 N–H and O–H groups in total. The molecule has 1 fully saturated rings. The van der Waals surface area contributed by atoms with Gasteiger partial charge in [-0.05, 0) is 50.5 Å². The van der Waals surface area contributed by atoms with Gasteiger partial charge in [0.1, 0.15) is 18.1 Å². The fraction of sp³-hybridized carbons (Fsp3) is 0.450. The second-order valence-corrected chi connectivity index (χ2v) is 7.05. The number of nitrogens with zero attached hydrogens (tertiary/aromatic N) is 3. The van der Waals surface area contributed by atoms with Crippen molar-refractivity contribution in [2.45, 2.75) is 39.2 Å². The Morgan fingerprint density at radius 3 is 2.78 bits per heavy atom. The predicted octanol–water partition coefficient (Wildman–Crippen LogP) is 2.41. The van der Waals surface area contributed by atoms with E-state index in [0.29, 0.717) is 13.1 Å². The summed E-state index contributed by atoms with van der Waals surface area (Å²) in [4.78, 5) is 25.8. The number of likely N-dealkylation sites (tertiary alicyclic amines) is 1. The molecule has 6 nitrogen and oxygen atoms in total. The van der Waals surface area contributed by atoms with Gasteiger partial charge in [0.15, 0.2) is 0 Å². The Hall–Kier alpha value is -2.70. The highest BCUT2D eigenvalue weighted by Gasteiger charge is 2.35. The van der Waals surface area contributed by atoms with Gasteiger partial charge in [-0.3, -0.25) is 9.59 Å². The number of benzene rings is 1. The molecular formula is C20H22FN3O3. The summed E-state index contributed by atoms with van der Waals surface area (Å²) in [5, 5.41) is 4.62. The smallest absolute Gasteiger partial charge is 0.311 e. The van der Waals surface area contributed by atoms with Crippen LogP contribution in [-0.4, -0.2) is 39.6 Å². The van der Waals surface area contributed by atoms with Crippen molar-refractivity contribution in [2.75, 3.05) is 13.1 Å². The van der Waals surface area contributed by atoms with E-state index >= 15 is 0 Å². The summed E-state index contributed by atoms with van der Waals surface area (Å²) in [6.45, 7) is 3.04. The molecule has 0 saturated carbocycles. The van der Waals surface area contributed by atoms with Crippen LogP contribution >= 0.6 is 0 Å². The minimum Gasteiger partial charge on any atom is -0.459 e. The Kier molecular flexibility index (Phi) is 4.68. The number of amides is 1. The van der Waals surface area contributed by atoms with E-state index in [1.54, 1.807) is 17.0 Å². The van der Waals surface area contributed by atoms with E-state index in [4.69, 9.17) is 4.74 Å². The lowest BCUT2D eigenvalue weighted by molar-refractivity contribution is -0.149. The number of hydrogen-bond donors (Lipinski definition) is 0. The van der Waals surface area contributed by atoms with Gasteiger partial charge in [-0.25, -0.2) is 9.07 Å². The zero-order valence-electron chi connectivity index (χ0n) is 15.3. The zero-order valence-corrected chi connectivity index (χ0v) is 15.3. The number of esters is 1. The van der Waals surface area contributed by atoms with Crippen molar-refractivity contribution in [3.8, 4) is 5.69 Å². The quantitative estimate of drug-likeness (QED) is 0.757. The Balaban J connectivity index is 1.48. The fourth-order valence-electron chi connectivity index (χ4n) is 3.92. The third kappa shape index (κ3) is 3.34. The maximum atomic E-state index is 13.2. The normalized spacial score (nSPS) is 18.8. The van der Waals surface area contributed by atoms with Crippen molar-refractivity contribution in [3.63, 3.8) is 0 Å². The van der Waals surface area contributed by atoms with Gasteiger partial charge in [-0.1, -0.05) is 0 Å². The average molecular weight is 371 g/mol. The molecule has 1 saturated heterocycles. The molecule has 0 bridgehead atoms. The fourth-order valence-corrected chi connectivity index (χ4v) is 3.92. The molecule has 2 heterocycles. The van der Waals surface area contributed by atoms with Gasteiger partial charge in [-0.15, -0.1) is 0 Å². The largest absolute Gasteiger partial charge is 0.459 e. The topological polar surface area (TPSA) is 64.4 Å². The number of rotatable bonds is 5. The van der Waals surface area contributed by atoms with Crippen LogP contribution in [0.25, 0.3) is 5.69 Å². The summed E-state index contributed by atoms with van der Waals surface area (Å²) in [6.07, 6.45) is 3.04. The summed E-state index contributed by atoms with van der Waals surface area (Å²) in [5.41, 5.74) is 3.76. The second-order valence-electron chi connectivity index (χ2n) is 7.05. The summed E-state index contributed by atoms with van der Waals surface area (Å²) < 4.78 is 20.5. The van der Waals surface area contributed by atoms with Gasteiger partial charge in [0.05, 0.1) is 11.6 Å². The Labute approximate surface area is 156 Å². The SMILES string of the molecule is CCN1CC(C(=O)OCc2nn(-c3ccc(F)cc3)c3c2CCC3)CC1=O. The molecule has 2 aromatic rings. The molecule has 7 heteroatoms. The van der Waals surface area contributed by atoms with E-state index in [0.717, 1.165) is 41.9 Å². The monoisotopic (exact) mass is 371 g/mol. The average Bonchev–Trinajstić information content (AvgIpc) is 3.36. The number of hydrogen-bond acceptors (Lipinski definition) is 4. The Bertz CT molecular complexity index is 875. The summed E-state index contributed by atoms with van der Waals surface area (Å²) in [6, 6.07) is 6.21. The van der Waals surface area contributed by atoms with Crippen LogP contribution in [0.5, 0.6) is 0 Å². The third-order valence-electron chi connectivity index (χ3n) is 5.37. The van der Waals surface area contributed by atoms with Crippen LogP contribution in [0.2, 0.25) is 0 Å². The van der Waals surface area contributed by atoms with E-state index in [1.165, 1.54) is 12.1 Å². The van der Waals surface area contributed by atoms with E-state index in [1.807, 2.05) is 11.6 Å². The van der Waals surface area contributed by atoms with Gasteiger partial charge in [-0.2, -0.15) is 5.10 Å². The Morgan fingerprint density at radius 2 is 2.07 bits per heavy atom. The zero-order chi connectivity index (χ0) is 19.0. The van der Waals surface area contributed by atoms with Crippen LogP contribution in [-0.2, 0) is 33.8 Å². The molecule has 1 atom stereocenters. The van der Waals surface area contributed by atoms with Crippen LogP contribution in [0, 0.1) is 11.7 Å². The first-order chi connectivity index (χ1) is 13.1. The first-order valence-corrected chi connectivity index (χ1v) is 9.36. The number of fused-ring (bicyclic) bond motifs is 1. The first kappa shape index (κ1) is 17.7. The maximum absolute atomic E-state index is 13.2. The molecule has 1 amide bonds. The van der Waals surface area contributed by atoms with E-state index in [2.05, 4.69) is 5.10 Å². The highest BCUT2D eigenvalue weighted by molar-refractivity contribution is 5.86. The van der Waals surface area contributed by atoms with Crippen LogP contribution in [0.3, 0.4) is 0 Å². The highest BCUT2D eigenvalue weighted by Crippen LogP contribution is 2.29. The summed E-state index contributed by atoms with van der Waals surface area (Å²) in [5.74, 6) is -1.03. The number of ether oxygens (including phenoxy) is 1. The Morgan fingerprint density at radius 1 is 1.30 bits per heavy atom. The van der Waals surface area contributed by atoms with Crippen molar-refractivity contribution in [2.24, 2.45) is 5.92 Å². The lowest BCUT2D eigenvalue weighted by Gasteiger charge is -2.13. The standard InChI is InChI=1S/C20H22FN3O3/c1-2-23-11-13(10-19(23)25)20(26)27-12-17-16-4-3-5-18(16)24(22-17)15-8-6-14(21)7-9-15/h6-9,13H,2-5,10-12H2,1H3. The van der Waals surface area contributed by atoms with E-state index < -0.39 is 5.92 Å². The van der Waals surface area contributed by atoms with Crippen LogP contribution in [0.1, 0.15) is 36.7 Å². The van der Waals surface area contributed by atoms with E-state index in [9.17, 15) is 14.0 Å². The molecular weight excluding hydrogens is 349 g/mol. The molecule has 1 aromatic heterocycles. The van der Waals surface area contributed by atoms with Gasteiger partial charge < -0.3 is 9.64 Å². The minimum atomic E-state index is -0.398. The lowest BCUT2D eigenvalue weighted by Crippen LogP contribution is -2.26. The van der Waals surface area contributed by atoms with Gasteiger partial charge in [0, 0.05) is 30.8 Å². The molecule has 0 radical (unpaired) electrons. The van der Waals surface area contributed by atoms with Crippen molar-refractivity contribution in [1.82, 2.24) is 14.7 Å². The van der Waals surface area contributed by atoms with Gasteiger partial charge in [0.2, 0.25) is 5.91 Å². The van der Waals surface area contributed by atoms with Gasteiger partial charge in [0.25, 0.3) is 0 Å². The molecule has 1 aliphatic carbocycles. The molecule has 2 aliphatic rings. The number of halogens is 1. The number of carbonyl (C=O) groups excluding carboxylic acids is 2. The summed E-state index contributed by atoms with van der Waals surface area (Å²) >= 11 is 0. The highest BCUT2D eigenvalue weighted by atomic mass is 19.1. The van der Waals surface area contributed by atoms with Gasteiger partial charge >= 0.3 is 5.97 Å². The second kappa shape index (κ2) is 7.13. The van der Waals surface area contributed by atoms with Crippen molar-refractivity contribution in [3.05, 3.63) is 47.0 Å². The number of carbonyl (C=O) groups is 2. The van der Waals surface area contributed by atoms with Crippen molar-refractivity contribution < 1.29 is 18.7 Å². The maximum Gasteiger partial charge on any atom is 0.311 e. The molecule has 1 aromatic carbocycles. The molecule has 1 aliphatic heterocycles. The summed E-state index contributed by atoms with van der Waals surface area (Å²) in [7, 11) is 0. The van der Waals surface area contributed by atoms with Crippen LogP contribution in [0.4, 0.5) is 4.39 Å². The van der Waals surface area contributed by atoms with Crippen molar-refractivity contribution >= 4 is 11.9 Å². The van der Waals surface area contributed by atoms with E-state index in [-0.39, 0.29) is 30.7 Å². The van der Waals surface area contributed by atoms with Crippen molar-refractivity contribution in [1.29, 1.82) is 0 Å². The third-order valence-corrected chi connectivity index (χ3v) is 5.37. The molecule has 0 spiro atoms. The predicted molar refractivity (Wildman–Crippen MR) is 95.7 cm³/mol. The molecule has 4 rings (SSSR count). The molecule has 27 heavy (non-hydrogen) atoms. The first-order valence-electron chi connectivity index (χ1n) is 9.36. The van der Waals surface area contributed by atoms with Crippen LogP contribution < -0.4 is 0 Å². The lowest BCUT2D eigenvalue weighted by atomic mass is 10.1.